The molecule has 0 spiro atoms. The van der Waals surface area contributed by atoms with Gasteiger partial charge in [-0.05, 0) is 81.8 Å². The summed E-state index contributed by atoms with van der Waals surface area (Å²) in [5, 5.41) is 5.74. The number of fused-ring (bicyclic) bond motifs is 3. The maximum atomic E-state index is 6.93. The molecule has 1 aliphatic carbocycles. The normalized spacial score (nSPS) is 16.0. The summed E-state index contributed by atoms with van der Waals surface area (Å²) >= 11 is 0. The first-order chi connectivity index (χ1) is 30.7. The van der Waals surface area contributed by atoms with Crippen LogP contribution in [0.25, 0.3) is 49.8 Å². The van der Waals surface area contributed by atoms with E-state index < -0.39 is 6.17 Å². The number of rotatable bonds is 9. The zero-order valence-corrected chi connectivity index (χ0v) is 34.0. The Morgan fingerprint density at radius 2 is 1.16 bits per heavy atom. The van der Waals surface area contributed by atoms with Gasteiger partial charge >= 0.3 is 0 Å². The zero-order valence-electron chi connectivity index (χ0n) is 34.0. The summed E-state index contributed by atoms with van der Waals surface area (Å²) in [7, 11) is 0. The van der Waals surface area contributed by atoms with Gasteiger partial charge in [-0.3, -0.25) is 0 Å². The second-order valence-corrected chi connectivity index (χ2v) is 15.7. The maximum Gasteiger partial charge on any atom is 0.163 e. The molecule has 1 aromatic heterocycles. The summed E-state index contributed by atoms with van der Waals surface area (Å²) in [4.78, 5) is 13.1. The maximum absolute atomic E-state index is 6.93. The molecule has 0 saturated heterocycles. The molecule has 0 saturated carbocycles. The topological polar surface area (TPSA) is 53.1 Å². The minimum Gasteiger partial charge on any atom is -0.455 e. The summed E-state index contributed by atoms with van der Waals surface area (Å²) in [5.41, 5.74) is 13.7. The van der Waals surface area contributed by atoms with Gasteiger partial charge in [0.15, 0.2) is 5.84 Å². The number of amidine groups is 2. The molecule has 0 fully saturated rings. The van der Waals surface area contributed by atoms with Crippen LogP contribution in [0.5, 0.6) is 0 Å². The summed E-state index contributed by atoms with van der Waals surface area (Å²) < 4.78 is 6.93. The average Bonchev–Trinajstić information content (AvgIpc) is 3.76. The summed E-state index contributed by atoms with van der Waals surface area (Å²) in [6.45, 7) is 0. The number of hydrogen-bond acceptors (Lipinski definition) is 5. The van der Waals surface area contributed by atoms with Gasteiger partial charge in [0.25, 0.3) is 0 Å². The lowest BCUT2D eigenvalue weighted by molar-refractivity contribution is 0.663. The fourth-order valence-corrected chi connectivity index (χ4v) is 8.79. The molecule has 296 valence electrons. The minimum absolute atomic E-state index is 0.0351. The van der Waals surface area contributed by atoms with Crippen LogP contribution in [0.1, 0.15) is 34.8 Å². The molecule has 11 rings (SSSR count). The number of para-hydroxylation sites is 1. The van der Waals surface area contributed by atoms with E-state index in [4.69, 9.17) is 14.4 Å². The molecular formula is C57H42N4O. The van der Waals surface area contributed by atoms with Crippen LogP contribution in [0.4, 0.5) is 11.4 Å². The van der Waals surface area contributed by atoms with Crippen molar-refractivity contribution in [1.82, 2.24) is 5.32 Å². The Balaban J connectivity index is 1.07. The van der Waals surface area contributed by atoms with Gasteiger partial charge in [0.05, 0.1) is 22.7 Å². The van der Waals surface area contributed by atoms with Crippen molar-refractivity contribution in [2.45, 2.75) is 18.6 Å². The predicted octanol–water partition coefficient (Wildman–Crippen LogP) is 14.0. The van der Waals surface area contributed by atoms with Crippen molar-refractivity contribution in [2.75, 3.05) is 4.90 Å². The first kappa shape index (κ1) is 37.0. The van der Waals surface area contributed by atoms with Gasteiger partial charge in [-0.25, -0.2) is 9.98 Å². The van der Waals surface area contributed by atoms with Crippen LogP contribution in [0, 0.1) is 0 Å². The van der Waals surface area contributed by atoms with Gasteiger partial charge in [-0.2, -0.15) is 0 Å². The minimum atomic E-state index is -0.391. The first-order valence-corrected chi connectivity index (χ1v) is 21.2. The van der Waals surface area contributed by atoms with E-state index >= 15 is 0 Å². The third kappa shape index (κ3) is 7.10. The Labute approximate surface area is 361 Å². The second-order valence-electron chi connectivity index (χ2n) is 15.7. The zero-order chi connectivity index (χ0) is 41.2. The Morgan fingerprint density at radius 1 is 0.548 bits per heavy atom. The average molecular weight is 799 g/mol. The van der Waals surface area contributed by atoms with Crippen LogP contribution in [0.2, 0.25) is 0 Å². The van der Waals surface area contributed by atoms with E-state index in [1.54, 1.807) is 0 Å². The Kier molecular flexibility index (Phi) is 9.68. The summed E-state index contributed by atoms with van der Waals surface area (Å²) in [6.07, 6.45) is 7.41. The van der Waals surface area contributed by atoms with E-state index in [0.29, 0.717) is 5.84 Å². The lowest BCUT2D eigenvalue weighted by atomic mass is 9.94. The van der Waals surface area contributed by atoms with E-state index in [2.05, 4.69) is 204 Å². The van der Waals surface area contributed by atoms with E-state index in [0.717, 1.165) is 73.4 Å². The van der Waals surface area contributed by atoms with Gasteiger partial charge < -0.3 is 14.6 Å². The second kappa shape index (κ2) is 16.2. The number of aliphatic imine (C=N–C) groups is 2. The van der Waals surface area contributed by atoms with E-state index in [9.17, 15) is 0 Å². The Hall–Kier alpha value is -8.02. The highest BCUT2D eigenvalue weighted by Crippen LogP contribution is 2.44. The van der Waals surface area contributed by atoms with Crippen molar-refractivity contribution >= 4 is 50.6 Å². The molecule has 0 bridgehead atoms. The standard InChI is InChI=1S/C57H42N4O/c1-5-16-39(17-6-1)42-28-32-47(33-29-42)61(48-34-30-43(31-35-48)40-18-7-2-8-19-40)51-37-36-50(54-53(51)49-26-13-14-27-52(49)62-54)57-59-55(44-22-11-4-12-23-44)58-56(60-57)46-25-15-24-45(38-46)41-20-9-3-10-21-41/h1-34,36-38,48,56H,35H2,(H,58,59,60). The molecule has 0 amide bonds. The molecule has 2 aliphatic rings. The molecule has 0 radical (unpaired) electrons. The molecule has 1 N–H and O–H groups in total. The molecule has 2 unspecified atom stereocenters. The highest BCUT2D eigenvalue weighted by atomic mass is 16.3. The molecule has 9 aromatic rings. The van der Waals surface area contributed by atoms with Crippen molar-refractivity contribution in [1.29, 1.82) is 0 Å². The number of anilines is 2. The van der Waals surface area contributed by atoms with Crippen LogP contribution in [-0.2, 0) is 0 Å². The molecular weight excluding hydrogens is 757 g/mol. The van der Waals surface area contributed by atoms with Crippen LogP contribution in [0.3, 0.4) is 0 Å². The summed E-state index contributed by atoms with van der Waals surface area (Å²) in [6, 6.07) is 72.2. The SMILES string of the molecule is C1=CC(N(c2ccc(-c3ccccc3)cc2)c2ccc(C3=NC(c4cccc(-c5ccccc5)c4)NC(c4ccccc4)=N3)c3oc4ccccc4c23)CC=C1c1ccccc1. The highest BCUT2D eigenvalue weighted by Gasteiger charge is 2.29. The van der Waals surface area contributed by atoms with E-state index in [1.165, 1.54) is 22.3 Å². The van der Waals surface area contributed by atoms with Crippen molar-refractivity contribution in [2.24, 2.45) is 9.98 Å². The Bertz CT molecular complexity index is 3170. The lowest BCUT2D eigenvalue weighted by Crippen LogP contribution is -2.33. The van der Waals surface area contributed by atoms with Gasteiger partial charge in [0.2, 0.25) is 0 Å². The number of benzene rings is 8. The largest absolute Gasteiger partial charge is 0.455 e. The van der Waals surface area contributed by atoms with Crippen molar-refractivity contribution in [3.05, 3.63) is 247 Å². The van der Waals surface area contributed by atoms with Crippen LogP contribution in [0.15, 0.2) is 239 Å². The quantitative estimate of drug-likeness (QED) is 0.158. The van der Waals surface area contributed by atoms with Crippen molar-refractivity contribution < 1.29 is 4.42 Å². The number of hydrogen-bond donors (Lipinski definition) is 1. The fourth-order valence-electron chi connectivity index (χ4n) is 8.79. The van der Waals surface area contributed by atoms with Gasteiger partial charge in [-0.1, -0.05) is 188 Å². The smallest absolute Gasteiger partial charge is 0.163 e. The van der Waals surface area contributed by atoms with E-state index in [-0.39, 0.29) is 6.04 Å². The molecule has 5 nitrogen and oxygen atoms in total. The first-order valence-electron chi connectivity index (χ1n) is 21.2. The fraction of sp³-hybridized carbons (Fsp3) is 0.0526. The Morgan fingerprint density at radius 3 is 1.85 bits per heavy atom. The highest BCUT2D eigenvalue weighted by molar-refractivity contribution is 6.22. The number of nitrogens with one attached hydrogen (secondary N) is 1. The van der Waals surface area contributed by atoms with Crippen LogP contribution in [-0.4, -0.2) is 17.7 Å². The van der Waals surface area contributed by atoms with Gasteiger partial charge in [0, 0.05) is 16.6 Å². The van der Waals surface area contributed by atoms with Gasteiger partial charge in [0.1, 0.15) is 23.2 Å². The van der Waals surface area contributed by atoms with E-state index in [1.807, 2.05) is 30.3 Å². The van der Waals surface area contributed by atoms with Crippen LogP contribution < -0.4 is 10.2 Å². The van der Waals surface area contributed by atoms with Crippen molar-refractivity contribution in [3.63, 3.8) is 0 Å². The number of furan rings is 1. The van der Waals surface area contributed by atoms with Crippen molar-refractivity contribution in [3.8, 4) is 22.3 Å². The molecule has 1 aliphatic heterocycles. The monoisotopic (exact) mass is 798 g/mol. The third-order valence-electron chi connectivity index (χ3n) is 11.9. The van der Waals surface area contributed by atoms with Crippen LogP contribution >= 0.6 is 0 Å². The molecule has 2 heterocycles. The predicted molar refractivity (Wildman–Crippen MR) is 257 cm³/mol. The lowest BCUT2D eigenvalue weighted by Gasteiger charge is -2.34. The molecule has 8 aromatic carbocycles. The summed E-state index contributed by atoms with van der Waals surface area (Å²) in [5.74, 6) is 1.37. The molecule has 62 heavy (non-hydrogen) atoms. The molecule has 2 atom stereocenters. The number of nitrogens with zero attached hydrogens (tertiary/aromatic N) is 3. The third-order valence-corrected chi connectivity index (χ3v) is 11.9. The molecule has 5 heteroatoms. The van der Waals surface area contributed by atoms with Gasteiger partial charge in [-0.15, -0.1) is 0 Å². The number of allylic oxidation sites excluding steroid dienone is 2.